The Balaban J connectivity index is 1.98. The summed E-state index contributed by atoms with van der Waals surface area (Å²) in [4.78, 5) is 26.7. The van der Waals surface area contributed by atoms with Crippen molar-refractivity contribution in [3.8, 4) is 5.75 Å². The molecular weight excluding hydrogens is 278 g/mol. The number of aryl methyl sites for hydroxylation is 1. The van der Waals surface area contributed by atoms with E-state index in [1.807, 2.05) is 37.3 Å². The molecule has 4 nitrogen and oxygen atoms in total. The summed E-state index contributed by atoms with van der Waals surface area (Å²) in [6.07, 6.45) is 3.17. The van der Waals surface area contributed by atoms with Crippen LogP contribution in [-0.4, -0.2) is 17.4 Å². The van der Waals surface area contributed by atoms with Crippen molar-refractivity contribution in [2.24, 2.45) is 0 Å². The van der Waals surface area contributed by atoms with Gasteiger partial charge in [0.2, 0.25) is 5.56 Å². The van der Waals surface area contributed by atoms with Crippen molar-refractivity contribution in [2.75, 3.05) is 6.61 Å². The van der Waals surface area contributed by atoms with Gasteiger partial charge in [-0.15, -0.1) is 0 Å². The van der Waals surface area contributed by atoms with Gasteiger partial charge in [-0.25, -0.2) is 0 Å². The van der Waals surface area contributed by atoms with E-state index in [1.54, 1.807) is 6.07 Å². The van der Waals surface area contributed by atoms with Crippen molar-refractivity contribution < 1.29 is 9.53 Å². The predicted octanol–water partition coefficient (Wildman–Crippen LogP) is 2.99. The molecule has 112 valence electrons. The third-order valence-corrected chi connectivity index (χ3v) is 3.73. The van der Waals surface area contributed by atoms with Crippen LogP contribution in [0.2, 0.25) is 0 Å². The number of nitrogens with one attached hydrogen (secondary N) is 1. The smallest absolute Gasteiger partial charge is 0.248 e. The standard InChI is InChI=1S/C18H17NO3/c1-2-22-16-6-4-3-5-12(16)11-13-7-9-15-14(18(13)21)8-10-17(20)19-15/h3-6,8,10-11H,2,7,9H2,1H3,(H,19,20). The number of hydrogen-bond acceptors (Lipinski definition) is 3. The van der Waals surface area contributed by atoms with E-state index in [4.69, 9.17) is 4.74 Å². The molecule has 1 heterocycles. The molecule has 1 aliphatic rings. The van der Waals surface area contributed by atoms with E-state index < -0.39 is 0 Å². The van der Waals surface area contributed by atoms with E-state index in [-0.39, 0.29) is 11.3 Å². The van der Waals surface area contributed by atoms with Crippen LogP contribution in [0.5, 0.6) is 5.75 Å². The van der Waals surface area contributed by atoms with Crippen molar-refractivity contribution in [3.63, 3.8) is 0 Å². The van der Waals surface area contributed by atoms with Crippen LogP contribution in [0.15, 0.2) is 46.8 Å². The summed E-state index contributed by atoms with van der Waals surface area (Å²) in [5.41, 5.74) is 2.80. The highest BCUT2D eigenvalue weighted by Crippen LogP contribution is 2.27. The molecule has 1 N–H and O–H groups in total. The maximum Gasteiger partial charge on any atom is 0.248 e. The van der Waals surface area contributed by atoms with Crippen LogP contribution in [0.25, 0.3) is 6.08 Å². The molecule has 1 aliphatic carbocycles. The zero-order valence-corrected chi connectivity index (χ0v) is 12.4. The molecule has 0 aliphatic heterocycles. The summed E-state index contributed by atoms with van der Waals surface area (Å²) in [5, 5.41) is 0. The number of carbonyl (C=O) groups is 1. The molecule has 0 saturated carbocycles. The number of carbonyl (C=O) groups excluding carboxylic acids is 1. The van der Waals surface area contributed by atoms with Crippen molar-refractivity contribution >= 4 is 11.9 Å². The summed E-state index contributed by atoms with van der Waals surface area (Å²) in [5.74, 6) is 0.751. The number of Topliss-reactive ketones (excluding diaryl/α,β-unsaturated/α-hetero) is 1. The molecule has 0 saturated heterocycles. The molecule has 0 fully saturated rings. The second kappa shape index (κ2) is 6.02. The molecule has 0 radical (unpaired) electrons. The summed E-state index contributed by atoms with van der Waals surface area (Å²) in [6, 6.07) is 10.7. The topological polar surface area (TPSA) is 59.2 Å². The van der Waals surface area contributed by atoms with Gasteiger partial charge in [-0.2, -0.15) is 0 Å². The summed E-state index contributed by atoms with van der Waals surface area (Å²) < 4.78 is 5.60. The van der Waals surface area contributed by atoms with E-state index in [0.717, 1.165) is 22.6 Å². The highest BCUT2D eigenvalue weighted by molar-refractivity contribution is 6.13. The highest BCUT2D eigenvalue weighted by atomic mass is 16.5. The minimum atomic E-state index is -0.166. The predicted molar refractivity (Wildman–Crippen MR) is 85.3 cm³/mol. The molecule has 22 heavy (non-hydrogen) atoms. The number of allylic oxidation sites excluding steroid dienone is 1. The molecule has 3 rings (SSSR count). The fourth-order valence-corrected chi connectivity index (χ4v) is 2.69. The average molecular weight is 295 g/mol. The molecule has 0 unspecified atom stereocenters. The van der Waals surface area contributed by atoms with Crippen LogP contribution in [0, 0.1) is 0 Å². The van der Waals surface area contributed by atoms with Gasteiger partial charge < -0.3 is 9.72 Å². The van der Waals surface area contributed by atoms with Crippen molar-refractivity contribution in [1.82, 2.24) is 4.98 Å². The number of ketones is 1. The van der Waals surface area contributed by atoms with Gasteiger partial charge in [-0.3, -0.25) is 9.59 Å². The molecule has 0 amide bonds. The monoisotopic (exact) mass is 295 g/mol. The Bertz CT molecular complexity index is 802. The lowest BCUT2D eigenvalue weighted by Crippen LogP contribution is -2.19. The SMILES string of the molecule is CCOc1ccccc1C=C1CCc2[nH]c(=O)ccc2C1=O. The van der Waals surface area contributed by atoms with Gasteiger partial charge in [-0.05, 0) is 38.0 Å². The van der Waals surface area contributed by atoms with Gasteiger partial charge in [0.05, 0.1) is 6.61 Å². The van der Waals surface area contributed by atoms with Gasteiger partial charge in [-0.1, -0.05) is 18.2 Å². The van der Waals surface area contributed by atoms with Crippen molar-refractivity contribution in [3.05, 3.63) is 69.1 Å². The molecule has 0 spiro atoms. The Labute approximate surface area is 128 Å². The lowest BCUT2D eigenvalue weighted by molar-refractivity contribution is 0.102. The number of pyridine rings is 1. The van der Waals surface area contributed by atoms with Gasteiger partial charge in [0.1, 0.15) is 5.75 Å². The fourth-order valence-electron chi connectivity index (χ4n) is 2.69. The molecule has 1 aromatic heterocycles. The number of fused-ring (bicyclic) bond motifs is 1. The van der Waals surface area contributed by atoms with Gasteiger partial charge in [0.25, 0.3) is 0 Å². The van der Waals surface area contributed by atoms with Crippen LogP contribution >= 0.6 is 0 Å². The number of aromatic nitrogens is 1. The van der Waals surface area contributed by atoms with Crippen LogP contribution in [-0.2, 0) is 6.42 Å². The molecule has 0 bridgehead atoms. The van der Waals surface area contributed by atoms with E-state index in [1.165, 1.54) is 6.07 Å². The number of para-hydroxylation sites is 1. The number of rotatable bonds is 3. The lowest BCUT2D eigenvalue weighted by Gasteiger charge is -2.17. The molecule has 0 atom stereocenters. The lowest BCUT2D eigenvalue weighted by atomic mass is 9.89. The second-order valence-corrected chi connectivity index (χ2v) is 5.18. The first-order chi connectivity index (χ1) is 10.7. The Morgan fingerprint density at radius 2 is 1.95 bits per heavy atom. The highest BCUT2D eigenvalue weighted by Gasteiger charge is 2.22. The quantitative estimate of drug-likeness (QED) is 0.886. The van der Waals surface area contributed by atoms with E-state index in [0.29, 0.717) is 25.0 Å². The fraction of sp³-hybridized carbons (Fsp3) is 0.222. The zero-order chi connectivity index (χ0) is 15.5. The largest absolute Gasteiger partial charge is 0.493 e. The first-order valence-corrected chi connectivity index (χ1v) is 7.38. The van der Waals surface area contributed by atoms with E-state index in [9.17, 15) is 9.59 Å². The Kier molecular flexibility index (Phi) is 3.92. The Morgan fingerprint density at radius 3 is 2.77 bits per heavy atom. The van der Waals surface area contributed by atoms with Crippen LogP contribution in [0.3, 0.4) is 0 Å². The maximum atomic E-state index is 12.6. The van der Waals surface area contributed by atoms with Crippen molar-refractivity contribution in [1.29, 1.82) is 0 Å². The van der Waals surface area contributed by atoms with Gasteiger partial charge >= 0.3 is 0 Å². The number of ether oxygens (including phenoxy) is 1. The average Bonchev–Trinajstić information content (AvgIpc) is 2.52. The first kappa shape index (κ1) is 14.3. The number of H-pyrrole nitrogens is 1. The summed E-state index contributed by atoms with van der Waals surface area (Å²) in [7, 11) is 0. The number of hydrogen-bond donors (Lipinski definition) is 1. The van der Waals surface area contributed by atoms with Gasteiger partial charge in [0, 0.05) is 28.5 Å². The third kappa shape index (κ3) is 2.72. The van der Waals surface area contributed by atoms with Crippen LogP contribution < -0.4 is 10.3 Å². The summed E-state index contributed by atoms with van der Waals surface area (Å²) >= 11 is 0. The first-order valence-electron chi connectivity index (χ1n) is 7.38. The summed E-state index contributed by atoms with van der Waals surface area (Å²) in [6.45, 7) is 2.51. The molecule has 2 aromatic rings. The zero-order valence-electron chi connectivity index (χ0n) is 12.4. The third-order valence-electron chi connectivity index (χ3n) is 3.73. The van der Waals surface area contributed by atoms with E-state index >= 15 is 0 Å². The van der Waals surface area contributed by atoms with Crippen molar-refractivity contribution in [2.45, 2.75) is 19.8 Å². The van der Waals surface area contributed by atoms with Crippen LogP contribution in [0.1, 0.15) is 35.0 Å². The number of aromatic amines is 1. The minimum Gasteiger partial charge on any atom is -0.493 e. The second-order valence-electron chi connectivity index (χ2n) is 5.18. The van der Waals surface area contributed by atoms with Crippen LogP contribution in [0.4, 0.5) is 0 Å². The normalized spacial score (nSPS) is 15.7. The van der Waals surface area contributed by atoms with Gasteiger partial charge in [0.15, 0.2) is 5.78 Å². The maximum absolute atomic E-state index is 12.6. The Morgan fingerprint density at radius 1 is 1.14 bits per heavy atom. The molecular formula is C18H17NO3. The minimum absolute atomic E-state index is 0.0243. The molecule has 1 aromatic carbocycles. The molecule has 4 heteroatoms. The Hall–Kier alpha value is -2.62. The van der Waals surface area contributed by atoms with E-state index in [2.05, 4.69) is 4.98 Å². The number of benzene rings is 1.